The third kappa shape index (κ3) is 2.99. The van der Waals surface area contributed by atoms with Gasteiger partial charge in [0.05, 0.1) is 11.4 Å². The summed E-state index contributed by atoms with van der Waals surface area (Å²) in [4.78, 5) is 19.0. The van der Waals surface area contributed by atoms with Crippen LogP contribution in [0.25, 0.3) is 0 Å². The van der Waals surface area contributed by atoms with Crippen molar-refractivity contribution in [3.8, 4) is 5.75 Å². The van der Waals surface area contributed by atoms with Crippen LogP contribution in [-0.4, -0.2) is 35.0 Å². The van der Waals surface area contributed by atoms with Crippen LogP contribution in [0.3, 0.4) is 0 Å². The number of piperidine rings is 1. The first-order chi connectivity index (χ1) is 9.83. The smallest absolute Gasteiger partial charge is 0.264 e. The van der Waals surface area contributed by atoms with Crippen molar-refractivity contribution in [2.75, 3.05) is 13.1 Å². The third-order valence-corrected chi connectivity index (χ3v) is 4.21. The lowest BCUT2D eigenvalue weighted by atomic mass is 10.1. The van der Waals surface area contributed by atoms with Crippen LogP contribution in [0.4, 0.5) is 0 Å². The second-order valence-electron chi connectivity index (χ2n) is 4.79. The van der Waals surface area contributed by atoms with Gasteiger partial charge in [0, 0.05) is 18.9 Å². The van der Waals surface area contributed by atoms with Crippen LogP contribution in [0.2, 0.25) is 0 Å². The summed E-state index contributed by atoms with van der Waals surface area (Å²) in [5, 5.41) is 1.93. The molecule has 0 N–H and O–H groups in total. The maximum atomic E-state index is 12.3. The number of amides is 1. The summed E-state index contributed by atoms with van der Waals surface area (Å²) >= 11 is 1.49. The number of carbonyl (C=O) groups is 1. The minimum absolute atomic E-state index is 0.0649. The highest BCUT2D eigenvalue weighted by molar-refractivity contribution is 7.12. The molecule has 0 aromatic carbocycles. The molecule has 1 saturated heterocycles. The summed E-state index contributed by atoms with van der Waals surface area (Å²) in [6.45, 7) is 1.46. The van der Waals surface area contributed by atoms with Crippen molar-refractivity contribution in [1.29, 1.82) is 0 Å². The molecular weight excluding hydrogens is 272 g/mol. The van der Waals surface area contributed by atoms with Crippen LogP contribution in [0.1, 0.15) is 22.5 Å². The topological polar surface area (TPSA) is 42.4 Å². The van der Waals surface area contributed by atoms with Gasteiger partial charge in [0.25, 0.3) is 5.91 Å². The van der Waals surface area contributed by atoms with E-state index in [-0.39, 0.29) is 12.0 Å². The summed E-state index contributed by atoms with van der Waals surface area (Å²) in [6.07, 6.45) is 5.46. The van der Waals surface area contributed by atoms with E-state index in [2.05, 4.69) is 4.98 Å². The van der Waals surface area contributed by atoms with Gasteiger partial charge in [-0.15, -0.1) is 11.3 Å². The molecule has 1 fully saturated rings. The van der Waals surface area contributed by atoms with E-state index in [1.165, 1.54) is 11.3 Å². The minimum atomic E-state index is 0.0649. The van der Waals surface area contributed by atoms with Gasteiger partial charge in [-0.1, -0.05) is 6.07 Å². The number of hydrogen-bond acceptors (Lipinski definition) is 4. The van der Waals surface area contributed by atoms with E-state index in [1.807, 2.05) is 34.5 Å². The Morgan fingerprint density at radius 1 is 1.35 bits per heavy atom. The molecule has 0 unspecified atom stereocenters. The van der Waals surface area contributed by atoms with Crippen molar-refractivity contribution in [3.05, 3.63) is 46.9 Å². The van der Waals surface area contributed by atoms with Gasteiger partial charge in [0.15, 0.2) is 0 Å². The Kier molecular flexibility index (Phi) is 3.97. The van der Waals surface area contributed by atoms with E-state index in [0.29, 0.717) is 6.54 Å². The fourth-order valence-corrected chi connectivity index (χ4v) is 3.07. The third-order valence-electron chi connectivity index (χ3n) is 3.35. The normalized spacial score (nSPS) is 18.8. The summed E-state index contributed by atoms with van der Waals surface area (Å²) in [6, 6.07) is 7.48. The first-order valence-corrected chi connectivity index (χ1v) is 7.60. The molecule has 3 rings (SSSR count). The van der Waals surface area contributed by atoms with Gasteiger partial charge in [-0.2, -0.15) is 0 Å². The lowest BCUT2D eigenvalue weighted by molar-refractivity contribution is 0.0542. The van der Waals surface area contributed by atoms with E-state index in [0.717, 1.165) is 30.0 Å². The summed E-state index contributed by atoms with van der Waals surface area (Å²) in [7, 11) is 0. The standard InChI is InChI=1S/C15H16N2O2S/c18-15(14-4-2-10-20-14)17-9-1-3-13(11-17)19-12-5-7-16-8-6-12/h2,4-8,10,13H,1,3,9,11H2/t13-/m1/s1. The fourth-order valence-electron chi connectivity index (χ4n) is 2.38. The molecule has 0 saturated carbocycles. The zero-order chi connectivity index (χ0) is 13.8. The number of rotatable bonds is 3. The highest BCUT2D eigenvalue weighted by Crippen LogP contribution is 2.20. The van der Waals surface area contributed by atoms with Crippen LogP contribution in [0.5, 0.6) is 5.75 Å². The second kappa shape index (κ2) is 6.05. The number of hydrogen-bond donors (Lipinski definition) is 0. The molecule has 5 heteroatoms. The van der Waals surface area contributed by atoms with Gasteiger partial charge < -0.3 is 9.64 Å². The monoisotopic (exact) mass is 288 g/mol. The summed E-state index contributed by atoms with van der Waals surface area (Å²) in [5.41, 5.74) is 0. The number of likely N-dealkylation sites (tertiary alicyclic amines) is 1. The van der Waals surface area contributed by atoms with E-state index in [4.69, 9.17) is 4.74 Å². The van der Waals surface area contributed by atoms with Gasteiger partial charge in [-0.3, -0.25) is 9.78 Å². The Bertz CT molecular complexity index is 557. The second-order valence-corrected chi connectivity index (χ2v) is 5.74. The molecule has 104 valence electrons. The summed E-state index contributed by atoms with van der Waals surface area (Å²) < 4.78 is 5.92. The van der Waals surface area contributed by atoms with Crippen LogP contribution in [0.15, 0.2) is 42.0 Å². The molecule has 1 amide bonds. The van der Waals surface area contributed by atoms with Gasteiger partial charge in [-0.25, -0.2) is 0 Å². The maximum Gasteiger partial charge on any atom is 0.264 e. The predicted octanol–water partition coefficient (Wildman–Crippen LogP) is 2.83. The van der Waals surface area contributed by atoms with Crippen LogP contribution >= 0.6 is 11.3 Å². The molecule has 20 heavy (non-hydrogen) atoms. The highest BCUT2D eigenvalue weighted by Gasteiger charge is 2.26. The van der Waals surface area contributed by atoms with E-state index >= 15 is 0 Å². The molecule has 3 heterocycles. The van der Waals surface area contributed by atoms with Crippen molar-refractivity contribution < 1.29 is 9.53 Å². The zero-order valence-electron chi connectivity index (χ0n) is 11.1. The quantitative estimate of drug-likeness (QED) is 0.872. The molecule has 1 atom stereocenters. The Morgan fingerprint density at radius 2 is 2.20 bits per heavy atom. The van der Waals surface area contributed by atoms with Crippen molar-refractivity contribution >= 4 is 17.2 Å². The fraction of sp³-hybridized carbons (Fsp3) is 0.333. The van der Waals surface area contributed by atoms with E-state index in [9.17, 15) is 4.79 Å². The average Bonchev–Trinajstić information content (AvgIpc) is 3.02. The molecular formula is C15H16N2O2S. The molecule has 0 radical (unpaired) electrons. The molecule has 0 aliphatic carbocycles. The number of nitrogens with zero attached hydrogens (tertiary/aromatic N) is 2. The maximum absolute atomic E-state index is 12.3. The first-order valence-electron chi connectivity index (χ1n) is 6.72. The van der Waals surface area contributed by atoms with Gasteiger partial charge in [0.2, 0.25) is 0 Å². The number of aromatic nitrogens is 1. The van der Waals surface area contributed by atoms with Crippen LogP contribution in [-0.2, 0) is 0 Å². The highest BCUT2D eigenvalue weighted by atomic mass is 32.1. The van der Waals surface area contributed by atoms with Gasteiger partial charge >= 0.3 is 0 Å². The lowest BCUT2D eigenvalue weighted by Gasteiger charge is -2.32. The van der Waals surface area contributed by atoms with Crippen molar-refractivity contribution in [2.24, 2.45) is 0 Å². The predicted molar refractivity (Wildman–Crippen MR) is 78.1 cm³/mol. The zero-order valence-corrected chi connectivity index (χ0v) is 11.9. The van der Waals surface area contributed by atoms with Crippen molar-refractivity contribution in [2.45, 2.75) is 18.9 Å². The van der Waals surface area contributed by atoms with Crippen LogP contribution < -0.4 is 4.74 Å². The molecule has 1 aliphatic heterocycles. The van der Waals surface area contributed by atoms with Crippen molar-refractivity contribution in [1.82, 2.24) is 9.88 Å². The average molecular weight is 288 g/mol. The molecule has 1 aliphatic rings. The van der Waals surface area contributed by atoms with Crippen LogP contribution in [0, 0.1) is 0 Å². The number of pyridine rings is 1. The molecule has 4 nitrogen and oxygen atoms in total. The minimum Gasteiger partial charge on any atom is -0.488 e. The number of carbonyl (C=O) groups excluding carboxylic acids is 1. The Hall–Kier alpha value is -1.88. The van der Waals surface area contributed by atoms with Gasteiger partial charge in [0.1, 0.15) is 11.9 Å². The van der Waals surface area contributed by atoms with Gasteiger partial charge in [-0.05, 0) is 36.4 Å². The summed E-state index contributed by atoms with van der Waals surface area (Å²) in [5.74, 6) is 0.929. The first kappa shape index (κ1) is 13.1. The molecule has 0 bridgehead atoms. The Labute approximate surface area is 122 Å². The number of thiophene rings is 1. The SMILES string of the molecule is O=C(c1cccs1)N1CCC[C@@H](Oc2ccncc2)C1. The van der Waals surface area contributed by atoms with E-state index in [1.54, 1.807) is 12.4 Å². The lowest BCUT2D eigenvalue weighted by Crippen LogP contribution is -2.44. The van der Waals surface area contributed by atoms with Crippen molar-refractivity contribution in [3.63, 3.8) is 0 Å². The molecule has 2 aromatic heterocycles. The van der Waals surface area contributed by atoms with E-state index < -0.39 is 0 Å². The number of ether oxygens (including phenoxy) is 1. The Morgan fingerprint density at radius 3 is 2.95 bits per heavy atom. The molecule has 2 aromatic rings. The molecule has 0 spiro atoms. The largest absolute Gasteiger partial charge is 0.488 e. The Balaban J connectivity index is 1.63.